The summed E-state index contributed by atoms with van der Waals surface area (Å²) in [5.41, 5.74) is 7.28. The molecule has 2 N–H and O–H groups in total. The summed E-state index contributed by atoms with van der Waals surface area (Å²) in [6.07, 6.45) is 3.44. The molecule has 0 radical (unpaired) electrons. The summed E-state index contributed by atoms with van der Waals surface area (Å²) in [6, 6.07) is 8.70. The molecule has 0 aromatic heterocycles. The minimum Gasteiger partial charge on any atom is -0.493 e. The maximum absolute atomic E-state index is 6.03. The predicted octanol–water partition coefficient (Wildman–Crippen LogP) is 2.03. The summed E-state index contributed by atoms with van der Waals surface area (Å²) in [6.45, 7) is 4.53. The second kappa shape index (κ2) is 6.46. The number of rotatable bonds is 4. The van der Waals surface area contributed by atoms with E-state index in [9.17, 15) is 0 Å². The van der Waals surface area contributed by atoms with Gasteiger partial charge in [0.1, 0.15) is 5.75 Å². The molecule has 1 aromatic carbocycles. The first-order chi connectivity index (χ1) is 9.81. The summed E-state index contributed by atoms with van der Waals surface area (Å²) >= 11 is 0. The van der Waals surface area contributed by atoms with Gasteiger partial charge in [-0.15, -0.1) is 0 Å². The first-order valence-corrected chi connectivity index (χ1v) is 7.62. The van der Waals surface area contributed by atoms with Crippen LogP contribution >= 0.6 is 0 Å². The Bertz CT molecular complexity index is 415. The quantitative estimate of drug-likeness (QED) is 0.914. The largest absolute Gasteiger partial charge is 0.493 e. The van der Waals surface area contributed by atoms with Crippen LogP contribution < -0.4 is 15.4 Å². The third-order valence-corrected chi connectivity index (χ3v) is 4.17. The highest BCUT2D eigenvalue weighted by Crippen LogP contribution is 2.23. The van der Waals surface area contributed by atoms with Gasteiger partial charge in [0.2, 0.25) is 0 Å². The number of anilines is 1. The molecule has 2 saturated heterocycles. The molecule has 0 amide bonds. The number of benzene rings is 1. The Morgan fingerprint density at radius 2 is 2.10 bits per heavy atom. The lowest BCUT2D eigenvalue weighted by Crippen LogP contribution is -2.42. The molecule has 0 spiro atoms. The molecule has 20 heavy (non-hydrogen) atoms. The molecule has 110 valence electrons. The number of hydrogen-bond acceptors (Lipinski definition) is 4. The Labute approximate surface area is 120 Å². The Kier molecular flexibility index (Phi) is 4.43. The number of hydrogen-bond donors (Lipinski definition) is 1. The molecule has 4 nitrogen and oxygen atoms in total. The second-order valence-electron chi connectivity index (χ2n) is 5.88. The van der Waals surface area contributed by atoms with Gasteiger partial charge in [0.05, 0.1) is 13.2 Å². The molecule has 2 heterocycles. The fourth-order valence-electron chi connectivity index (χ4n) is 2.93. The maximum Gasteiger partial charge on any atom is 0.119 e. The van der Waals surface area contributed by atoms with Gasteiger partial charge in [-0.05, 0) is 43.5 Å². The average Bonchev–Trinajstić information content (AvgIpc) is 2.99. The van der Waals surface area contributed by atoms with Crippen molar-refractivity contribution in [2.24, 2.45) is 11.7 Å². The van der Waals surface area contributed by atoms with Crippen LogP contribution in [0.25, 0.3) is 0 Å². The predicted molar refractivity (Wildman–Crippen MR) is 80.3 cm³/mol. The third kappa shape index (κ3) is 3.44. The molecule has 2 atom stereocenters. The Morgan fingerprint density at radius 1 is 1.25 bits per heavy atom. The van der Waals surface area contributed by atoms with Crippen molar-refractivity contribution in [2.45, 2.75) is 25.3 Å². The summed E-state index contributed by atoms with van der Waals surface area (Å²) in [5, 5.41) is 0. The van der Waals surface area contributed by atoms with Crippen molar-refractivity contribution in [3.63, 3.8) is 0 Å². The van der Waals surface area contributed by atoms with Gasteiger partial charge in [-0.2, -0.15) is 0 Å². The van der Waals surface area contributed by atoms with Crippen LogP contribution in [-0.2, 0) is 4.74 Å². The zero-order valence-corrected chi connectivity index (χ0v) is 12.0. The Hall–Kier alpha value is -1.26. The third-order valence-electron chi connectivity index (χ3n) is 4.17. The van der Waals surface area contributed by atoms with Crippen molar-refractivity contribution in [3.05, 3.63) is 24.3 Å². The van der Waals surface area contributed by atoms with Crippen molar-refractivity contribution in [1.82, 2.24) is 0 Å². The van der Waals surface area contributed by atoms with Crippen molar-refractivity contribution < 1.29 is 9.47 Å². The van der Waals surface area contributed by atoms with Gasteiger partial charge >= 0.3 is 0 Å². The lowest BCUT2D eigenvalue weighted by molar-refractivity contribution is 0.167. The van der Waals surface area contributed by atoms with Gasteiger partial charge in [-0.25, -0.2) is 0 Å². The molecular formula is C16H24N2O2. The van der Waals surface area contributed by atoms with Crippen LogP contribution in [-0.4, -0.2) is 39.0 Å². The van der Waals surface area contributed by atoms with E-state index in [1.54, 1.807) is 0 Å². The van der Waals surface area contributed by atoms with E-state index in [0.29, 0.717) is 12.0 Å². The second-order valence-corrected chi connectivity index (χ2v) is 5.88. The van der Waals surface area contributed by atoms with E-state index in [4.69, 9.17) is 15.2 Å². The standard InChI is InChI=1S/C16H24N2O2/c17-14-2-1-8-18(10-14)15-3-5-16(6-4-15)20-12-13-7-9-19-11-13/h3-6,13-14H,1-2,7-12,17H2. The van der Waals surface area contributed by atoms with Crippen LogP contribution in [0.15, 0.2) is 24.3 Å². The van der Waals surface area contributed by atoms with Gasteiger partial charge < -0.3 is 20.1 Å². The van der Waals surface area contributed by atoms with E-state index < -0.39 is 0 Å². The van der Waals surface area contributed by atoms with Crippen molar-refractivity contribution in [3.8, 4) is 5.75 Å². The van der Waals surface area contributed by atoms with Gasteiger partial charge in [-0.3, -0.25) is 0 Å². The van der Waals surface area contributed by atoms with Crippen LogP contribution in [0.2, 0.25) is 0 Å². The summed E-state index contributed by atoms with van der Waals surface area (Å²) in [7, 11) is 0. The molecule has 2 unspecified atom stereocenters. The minimum absolute atomic E-state index is 0.307. The highest BCUT2D eigenvalue weighted by atomic mass is 16.5. The van der Waals surface area contributed by atoms with Crippen LogP contribution in [0.4, 0.5) is 5.69 Å². The molecule has 4 heteroatoms. The molecule has 0 bridgehead atoms. The first kappa shape index (κ1) is 13.7. The molecule has 0 aliphatic carbocycles. The van der Waals surface area contributed by atoms with E-state index in [1.807, 2.05) is 0 Å². The van der Waals surface area contributed by atoms with E-state index in [2.05, 4.69) is 29.2 Å². The monoisotopic (exact) mass is 276 g/mol. The molecule has 1 aromatic rings. The average molecular weight is 276 g/mol. The van der Waals surface area contributed by atoms with Gasteiger partial charge in [0.15, 0.2) is 0 Å². The van der Waals surface area contributed by atoms with Crippen molar-refractivity contribution in [2.75, 3.05) is 37.8 Å². The lowest BCUT2D eigenvalue weighted by Gasteiger charge is -2.32. The lowest BCUT2D eigenvalue weighted by atomic mass is 10.1. The fraction of sp³-hybridized carbons (Fsp3) is 0.625. The molecule has 2 aliphatic rings. The molecule has 2 fully saturated rings. The van der Waals surface area contributed by atoms with Gasteiger partial charge in [0.25, 0.3) is 0 Å². The highest BCUT2D eigenvalue weighted by molar-refractivity contribution is 5.49. The normalized spacial score (nSPS) is 26.8. The van der Waals surface area contributed by atoms with E-state index in [0.717, 1.165) is 51.5 Å². The number of piperidine rings is 1. The van der Waals surface area contributed by atoms with Gasteiger partial charge in [-0.1, -0.05) is 0 Å². The SMILES string of the molecule is NC1CCCN(c2ccc(OCC3CCOC3)cc2)C1. The van der Waals surface area contributed by atoms with Crippen LogP contribution in [0, 0.1) is 5.92 Å². The Balaban J connectivity index is 1.53. The van der Waals surface area contributed by atoms with E-state index in [1.165, 1.54) is 12.1 Å². The van der Waals surface area contributed by atoms with Crippen LogP contribution in [0.5, 0.6) is 5.75 Å². The summed E-state index contributed by atoms with van der Waals surface area (Å²) < 4.78 is 11.2. The molecule has 2 aliphatic heterocycles. The zero-order valence-electron chi connectivity index (χ0n) is 12.0. The van der Waals surface area contributed by atoms with Crippen molar-refractivity contribution in [1.29, 1.82) is 0 Å². The number of nitrogens with two attached hydrogens (primary N) is 1. The van der Waals surface area contributed by atoms with Crippen LogP contribution in [0.3, 0.4) is 0 Å². The number of nitrogens with zero attached hydrogens (tertiary/aromatic N) is 1. The smallest absolute Gasteiger partial charge is 0.119 e. The first-order valence-electron chi connectivity index (χ1n) is 7.62. The zero-order chi connectivity index (χ0) is 13.8. The summed E-state index contributed by atoms with van der Waals surface area (Å²) in [5.74, 6) is 1.50. The maximum atomic E-state index is 6.03. The Morgan fingerprint density at radius 3 is 2.80 bits per heavy atom. The molecule has 3 rings (SSSR count). The van der Waals surface area contributed by atoms with Crippen molar-refractivity contribution >= 4 is 5.69 Å². The fourth-order valence-corrected chi connectivity index (χ4v) is 2.93. The number of ether oxygens (including phenoxy) is 2. The highest BCUT2D eigenvalue weighted by Gasteiger charge is 2.18. The van der Waals surface area contributed by atoms with Gasteiger partial charge in [0, 0.05) is 37.3 Å². The molecular weight excluding hydrogens is 252 g/mol. The van der Waals surface area contributed by atoms with E-state index >= 15 is 0 Å². The summed E-state index contributed by atoms with van der Waals surface area (Å²) in [4.78, 5) is 2.36. The molecule has 0 saturated carbocycles. The van der Waals surface area contributed by atoms with Crippen LogP contribution in [0.1, 0.15) is 19.3 Å². The van der Waals surface area contributed by atoms with E-state index in [-0.39, 0.29) is 0 Å². The topological polar surface area (TPSA) is 47.7 Å². The minimum atomic E-state index is 0.307.